The quantitative estimate of drug-likeness (QED) is 0.216. The number of pyridine rings is 1. The summed E-state index contributed by atoms with van der Waals surface area (Å²) in [7, 11) is 0. The molecule has 8 nitrogen and oxygen atoms in total. The van der Waals surface area contributed by atoms with Gasteiger partial charge in [0.1, 0.15) is 5.65 Å². The average molecular weight is 670 g/mol. The molecule has 6 rings (SSSR count). The normalized spacial score (nSPS) is 16.1. The molecule has 2 aromatic carbocycles. The van der Waals surface area contributed by atoms with Crippen LogP contribution in [-0.4, -0.2) is 72.3 Å². The van der Waals surface area contributed by atoms with Gasteiger partial charge < -0.3 is 24.3 Å². The number of carbonyl (C=O) groups excluding carboxylic acids is 2. The summed E-state index contributed by atoms with van der Waals surface area (Å²) < 4.78 is 13.1. The lowest BCUT2D eigenvalue weighted by Crippen LogP contribution is -2.49. The molecule has 4 heterocycles. The number of nitrogens with zero attached hydrogens (tertiary/aromatic N) is 3. The molecule has 46 heavy (non-hydrogen) atoms. The molecule has 248 valence electrons. The highest BCUT2D eigenvalue weighted by atomic mass is 35.5. The van der Waals surface area contributed by atoms with Crippen LogP contribution in [0.15, 0.2) is 48.5 Å². The van der Waals surface area contributed by atoms with Crippen LogP contribution in [0.4, 0.5) is 0 Å². The Morgan fingerprint density at radius 2 is 1.72 bits per heavy atom. The number of aromatic nitrogens is 2. The van der Waals surface area contributed by atoms with Crippen molar-refractivity contribution < 1.29 is 19.1 Å². The van der Waals surface area contributed by atoms with Gasteiger partial charge in [-0.2, -0.15) is 0 Å². The van der Waals surface area contributed by atoms with Crippen LogP contribution in [0.3, 0.4) is 0 Å². The van der Waals surface area contributed by atoms with E-state index >= 15 is 0 Å². The fraction of sp³-hybridized carbons (Fsp3) is 0.472. The second kappa shape index (κ2) is 16.1. The van der Waals surface area contributed by atoms with E-state index in [9.17, 15) is 9.59 Å². The van der Waals surface area contributed by atoms with Gasteiger partial charge in [-0.1, -0.05) is 42.5 Å². The number of carbonyl (C=O) groups is 2. The van der Waals surface area contributed by atoms with Crippen molar-refractivity contribution >= 4 is 58.6 Å². The topological polar surface area (TPSA) is 85.7 Å². The maximum atomic E-state index is 13.9. The van der Waals surface area contributed by atoms with Crippen molar-refractivity contribution in [3.63, 3.8) is 0 Å². The standard InChI is InChI=1S/C36H44N4O4.2ClH/c1-4-44-32(41)14-13-29-24(2)33-30-7-5-6-8-31(30)40(35(33)38-25(29)3)23-26-9-11-27(12-10-26)34(28-15-21-43-22-16-28)36(42)39-19-17-37-18-20-39;;/h5-12,28,34,37H,4,13-23H2,1-3H3;2*1H/t34-;;/m1../s1. The van der Waals surface area contributed by atoms with Gasteiger partial charge in [0, 0.05) is 68.8 Å². The number of hydrogen-bond donors (Lipinski definition) is 1. The maximum Gasteiger partial charge on any atom is 0.306 e. The minimum Gasteiger partial charge on any atom is -0.466 e. The van der Waals surface area contributed by atoms with Crippen molar-refractivity contribution in [2.45, 2.75) is 58.9 Å². The zero-order valence-corrected chi connectivity index (χ0v) is 28.7. The van der Waals surface area contributed by atoms with Crippen LogP contribution in [0.2, 0.25) is 0 Å². The molecule has 2 saturated heterocycles. The van der Waals surface area contributed by atoms with E-state index in [4.69, 9.17) is 14.5 Å². The zero-order valence-electron chi connectivity index (χ0n) is 27.0. The largest absolute Gasteiger partial charge is 0.466 e. The summed E-state index contributed by atoms with van der Waals surface area (Å²) in [5.74, 6) is 0.232. The van der Waals surface area contributed by atoms with Gasteiger partial charge in [0.15, 0.2) is 0 Å². The number of amides is 1. The molecule has 2 aliphatic rings. The van der Waals surface area contributed by atoms with Crippen molar-refractivity contribution in [2.75, 3.05) is 46.0 Å². The van der Waals surface area contributed by atoms with Crippen molar-refractivity contribution in [1.29, 1.82) is 0 Å². The molecule has 10 heteroatoms. The number of fused-ring (bicyclic) bond motifs is 3. The van der Waals surface area contributed by atoms with Crippen molar-refractivity contribution in [2.24, 2.45) is 5.92 Å². The monoisotopic (exact) mass is 668 g/mol. The molecule has 2 aliphatic heterocycles. The molecule has 1 amide bonds. The Labute approximate surface area is 284 Å². The van der Waals surface area contributed by atoms with Gasteiger partial charge in [-0.3, -0.25) is 9.59 Å². The lowest BCUT2D eigenvalue weighted by molar-refractivity contribution is -0.143. The van der Waals surface area contributed by atoms with Gasteiger partial charge in [0.25, 0.3) is 0 Å². The maximum absolute atomic E-state index is 13.9. The van der Waals surface area contributed by atoms with Gasteiger partial charge in [-0.15, -0.1) is 24.8 Å². The average Bonchev–Trinajstić information content (AvgIpc) is 3.35. The summed E-state index contributed by atoms with van der Waals surface area (Å²) in [4.78, 5) is 33.1. The van der Waals surface area contributed by atoms with E-state index in [0.717, 1.165) is 85.6 Å². The molecule has 0 bridgehead atoms. The lowest BCUT2D eigenvalue weighted by atomic mass is 9.80. The molecule has 1 N–H and O–H groups in total. The Bertz CT molecular complexity index is 1640. The molecule has 2 fully saturated rings. The van der Waals surface area contributed by atoms with Crippen molar-refractivity contribution in [1.82, 2.24) is 19.8 Å². The van der Waals surface area contributed by atoms with E-state index in [0.29, 0.717) is 31.9 Å². The Morgan fingerprint density at radius 1 is 1.02 bits per heavy atom. The summed E-state index contributed by atoms with van der Waals surface area (Å²) in [6.07, 6.45) is 2.79. The Hall–Kier alpha value is -3.17. The summed E-state index contributed by atoms with van der Waals surface area (Å²) in [5.41, 5.74) is 7.60. The summed E-state index contributed by atoms with van der Waals surface area (Å²) in [5, 5.41) is 5.68. The van der Waals surface area contributed by atoms with Crippen LogP contribution in [0.5, 0.6) is 0 Å². The van der Waals surface area contributed by atoms with E-state index in [1.807, 2.05) is 18.7 Å². The minimum atomic E-state index is -0.175. The Morgan fingerprint density at radius 3 is 2.41 bits per heavy atom. The molecule has 0 aliphatic carbocycles. The lowest BCUT2D eigenvalue weighted by Gasteiger charge is -2.36. The first-order valence-corrected chi connectivity index (χ1v) is 16.1. The second-order valence-electron chi connectivity index (χ2n) is 12.2. The SMILES string of the molecule is CCOC(=O)CCc1c(C)nc2c(c1C)c1ccccc1n2Cc1ccc([C@@H](C(=O)N2CCNCC2)C2CCOCC2)cc1.Cl.Cl. The Kier molecular flexibility index (Phi) is 12.5. The number of piperazine rings is 1. The summed E-state index contributed by atoms with van der Waals surface area (Å²) >= 11 is 0. The number of nitrogens with one attached hydrogen (secondary N) is 1. The van der Waals surface area contributed by atoms with E-state index in [1.165, 1.54) is 16.5 Å². The molecule has 4 aromatic rings. The molecular formula is C36H46Cl2N4O4. The number of rotatable bonds is 9. The van der Waals surface area contributed by atoms with Crippen LogP contribution in [0.1, 0.15) is 60.1 Å². The van der Waals surface area contributed by atoms with Crippen LogP contribution < -0.4 is 5.32 Å². The number of halogens is 2. The summed E-state index contributed by atoms with van der Waals surface area (Å²) in [6, 6.07) is 17.2. The fourth-order valence-electron chi connectivity index (χ4n) is 7.17. The van der Waals surface area contributed by atoms with E-state index in [-0.39, 0.29) is 42.6 Å². The Balaban J connectivity index is 0.00000240. The molecule has 0 unspecified atom stereocenters. The van der Waals surface area contributed by atoms with E-state index in [1.54, 1.807) is 0 Å². The molecule has 0 radical (unpaired) electrons. The molecule has 0 spiro atoms. The van der Waals surface area contributed by atoms with Crippen LogP contribution in [-0.2, 0) is 32.0 Å². The van der Waals surface area contributed by atoms with Crippen molar-refractivity contribution in [3.8, 4) is 0 Å². The van der Waals surface area contributed by atoms with Gasteiger partial charge in [-0.05, 0) is 74.3 Å². The first-order chi connectivity index (χ1) is 21.5. The highest BCUT2D eigenvalue weighted by Crippen LogP contribution is 2.36. The molecule has 1 atom stereocenters. The van der Waals surface area contributed by atoms with Gasteiger partial charge >= 0.3 is 5.97 Å². The fourth-order valence-corrected chi connectivity index (χ4v) is 7.17. The summed E-state index contributed by atoms with van der Waals surface area (Å²) in [6.45, 7) is 11.8. The minimum absolute atomic E-state index is 0. The van der Waals surface area contributed by atoms with E-state index < -0.39 is 0 Å². The third kappa shape index (κ3) is 7.36. The van der Waals surface area contributed by atoms with Gasteiger partial charge in [0.2, 0.25) is 5.91 Å². The predicted molar refractivity (Wildman–Crippen MR) is 187 cm³/mol. The van der Waals surface area contributed by atoms with Gasteiger partial charge in [0.05, 0.1) is 18.0 Å². The van der Waals surface area contributed by atoms with E-state index in [2.05, 4.69) is 65.3 Å². The first-order valence-electron chi connectivity index (χ1n) is 16.1. The van der Waals surface area contributed by atoms with Crippen molar-refractivity contribution in [3.05, 3.63) is 76.5 Å². The number of benzene rings is 2. The molecule has 2 aromatic heterocycles. The molecular weight excluding hydrogens is 623 g/mol. The number of aryl methyl sites for hydroxylation is 2. The van der Waals surface area contributed by atoms with Gasteiger partial charge in [-0.25, -0.2) is 4.98 Å². The number of ether oxygens (including phenoxy) is 2. The first kappa shape index (κ1) is 35.7. The number of hydrogen-bond acceptors (Lipinski definition) is 6. The number of esters is 1. The van der Waals surface area contributed by atoms with Crippen LogP contribution in [0.25, 0.3) is 21.9 Å². The third-order valence-corrected chi connectivity index (χ3v) is 9.48. The second-order valence-corrected chi connectivity index (χ2v) is 12.2. The third-order valence-electron chi connectivity index (χ3n) is 9.48. The highest BCUT2D eigenvalue weighted by molar-refractivity contribution is 6.08. The van der Waals surface area contributed by atoms with Crippen LogP contribution in [0, 0.1) is 19.8 Å². The van der Waals surface area contributed by atoms with Crippen LogP contribution >= 0.6 is 24.8 Å². The zero-order chi connectivity index (χ0) is 30.6. The molecule has 0 saturated carbocycles. The number of para-hydroxylation sites is 1. The highest BCUT2D eigenvalue weighted by Gasteiger charge is 2.34. The smallest absolute Gasteiger partial charge is 0.306 e. The predicted octanol–water partition coefficient (Wildman–Crippen LogP) is 6.14.